The van der Waals surface area contributed by atoms with Crippen LogP contribution in [0.4, 0.5) is 17.1 Å². The monoisotopic (exact) mass is 432 g/mol. The van der Waals surface area contributed by atoms with Crippen LogP contribution in [0.15, 0.2) is 18.2 Å². The molecule has 0 atom stereocenters. The molecule has 0 saturated heterocycles. The lowest BCUT2D eigenvalue weighted by Gasteiger charge is -2.10. The molecule has 0 radical (unpaired) electrons. The van der Waals surface area contributed by atoms with Gasteiger partial charge in [-0.1, -0.05) is 40.9 Å². The highest BCUT2D eigenvalue weighted by Crippen LogP contribution is 2.34. The van der Waals surface area contributed by atoms with E-state index in [1.165, 1.54) is 25.1 Å². The van der Waals surface area contributed by atoms with Crippen molar-refractivity contribution in [3.05, 3.63) is 54.8 Å². The number of nitro benzene ring substituents is 1. The van der Waals surface area contributed by atoms with E-state index < -0.39 is 29.1 Å². The molecule has 1 heterocycles. The second kappa shape index (κ2) is 8.38. The van der Waals surface area contributed by atoms with E-state index in [4.69, 9.17) is 45.3 Å². The molecule has 2 aromatic rings. The van der Waals surface area contributed by atoms with Gasteiger partial charge < -0.3 is 15.8 Å². The molecule has 3 N–H and O–H groups in total. The Kier molecular flexibility index (Phi) is 6.42. The summed E-state index contributed by atoms with van der Waals surface area (Å²) in [6.45, 7) is 0.779. The van der Waals surface area contributed by atoms with E-state index in [1.54, 1.807) is 0 Å². The maximum atomic E-state index is 12.1. The third-order valence-corrected chi connectivity index (χ3v) is 4.51. The van der Waals surface area contributed by atoms with E-state index >= 15 is 0 Å². The lowest BCUT2D eigenvalue weighted by Crippen LogP contribution is -2.22. The third kappa shape index (κ3) is 4.57. The minimum atomic E-state index is -1.05. The summed E-state index contributed by atoms with van der Waals surface area (Å²) in [5.41, 5.74) is 5.36. The molecule has 2 rings (SSSR count). The van der Waals surface area contributed by atoms with Gasteiger partial charge in [0.15, 0.2) is 17.5 Å². The van der Waals surface area contributed by atoms with Crippen LogP contribution in [-0.4, -0.2) is 28.4 Å². The summed E-state index contributed by atoms with van der Waals surface area (Å²) in [6, 6.07) is 4.18. The zero-order chi connectivity index (χ0) is 20.3. The van der Waals surface area contributed by atoms with Crippen molar-refractivity contribution in [2.75, 3.05) is 17.7 Å². The van der Waals surface area contributed by atoms with Crippen molar-refractivity contribution in [1.82, 2.24) is 4.98 Å². The molecule has 0 aliphatic rings. The van der Waals surface area contributed by atoms with Crippen molar-refractivity contribution in [2.24, 2.45) is 0 Å². The fraction of sp³-hybridized carbons (Fsp3) is 0.133. The number of nitrogen functional groups attached to an aromatic ring is 1. The van der Waals surface area contributed by atoms with Gasteiger partial charge in [0.2, 0.25) is 0 Å². The van der Waals surface area contributed by atoms with Crippen LogP contribution >= 0.6 is 34.8 Å². The number of nitro groups is 1. The van der Waals surface area contributed by atoms with Crippen LogP contribution in [0.1, 0.15) is 16.1 Å². The van der Waals surface area contributed by atoms with Crippen LogP contribution in [0, 0.1) is 17.0 Å². The van der Waals surface area contributed by atoms with Crippen molar-refractivity contribution in [1.29, 1.82) is 0 Å². The van der Waals surface area contributed by atoms with Crippen molar-refractivity contribution in [3.63, 3.8) is 0 Å². The number of pyridine rings is 1. The Bertz CT molecular complexity index is 952. The zero-order valence-corrected chi connectivity index (χ0v) is 15.9. The maximum absolute atomic E-state index is 12.1. The Morgan fingerprint density at radius 2 is 1.96 bits per heavy atom. The number of aromatic nitrogens is 1. The first kappa shape index (κ1) is 20.7. The molecule has 27 heavy (non-hydrogen) atoms. The lowest BCUT2D eigenvalue weighted by atomic mass is 10.1. The van der Waals surface area contributed by atoms with Gasteiger partial charge in [0, 0.05) is 6.07 Å². The summed E-state index contributed by atoms with van der Waals surface area (Å²) in [7, 11) is 0. The normalized spacial score (nSPS) is 10.4. The van der Waals surface area contributed by atoms with E-state index in [1.807, 2.05) is 0 Å². The summed E-state index contributed by atoms with van der Waals surface area (Å²) >= 11 is 17.4. The average Bonchev–Trinajstić information content (AvgIpc) is 2.62. The fourth-order valence-electron chi connectivity index (χ4n) is 2.01. The molecule has 1 aromatic heterocycles. The molecule has 1 amide bonds. The quantitative estimate of drug-likeness (QED) is 0.318. The summed E-state index contributed by atoms with van der Waals surface area (Å²) in [6.07, 6.45) is 0. The molecule has 0 fully saturated rings. The number of nitrogens with two attached hydrogens (primary N) is 1. The maximum Gasteiger partial charge on any atom is 0.359 e. The number of ether oxygens (including phenoxy) is 1. The number of nitrogens with one attached hydrogen (secondary N) is 1. The Morgan fingerprint density at radius 3 is 2.59 bits per heavy atom. The van der Waals surface area contributed by atoms with E-state index in [2.05, 4.69) is 10.3 Å². The van der Waals surface area contributed by atoms with Crippen LogP contribution in [0.3, 0.4) is 0 Å². The van der Waals surface area contributed by atoms with Crippen molar-refractivity contribution < 1.29 is 19.2 Å². The first-order valence-electron chi connectivity index (χ1n) is 7.14. The molecule has 0 aliphatic carbocycles. The smallest absolute Gasteiger partial charge is 0.359 e. The van der Waals surface area contributed by atoms with Gasteiger partial charge in [0.05, 0.1) is 26.9 Å². The Balaban J connectivity index is 2.08. The SMILES string of the molecule is Cc1c(NC(=O)COC(=O)c2nc(Cl)c(Cl)c(N)c2Cl)cccc1[N+](=O)[O-]. The van der Waals surface area contributed by atoms with Crippen LogP contribution in [0.25, 0.3) is 0 Å². The van der Waals surface area contributed by atoms with Gasteiger partial charge in [-0.3, -0.25) is 14.9 Å². The molecule has 12 heteroatoms. The van der Waals surface area contributed by atoms with Gasteiger partial charge in [0.1, 0.15) is 5.02 Å². The Morgan fingerprint density at radius 1 is 1.30 bits per heavy atom. The number of anilines is 2. The minimum absolute atomic E-state index is 0.114. The summed E-state index contributed by atoms with van der Waals surface area (Å²) < 4.78 is 4.82. The first-order chi connectivity index (χ1) is 12.6. The molecule has 142 valence electrons. The fourth-order valence-corrected chi connectivity index (χ4v) is 2.59. The van der Waals surface area contributed by atoms with Gasteiger partial charge in [-0.05, 0) is 13.0 Å². The minimum Gasteiger partial charge on any atom is -0.451 e. The Hall–Kier alpha value is -2.62. The van der Waals surface area contributed by atoms with Crippen LogP contribution in [-0.2, 0) is 9.53 Å². The van der Waals surface area contributed by atoms with Gasteiger partial charge in [-0.25, -0.2) is 9.78 Å². The number of amides is 1. The highest BCUT2D eigenvalue weighted by Gasteiger charge is 2.22. The standard InChI is InChI=1S/C15H11Cl3N4O5/c1-6-7(3-2-4-8(6)22(25)26)20-9(23)5-27-15(24)13-10(16)12(19)11(17)14(18)21-13/h2-4H,5H2,1H3,(H2,19,21)(H,20,23). The van der Waals surface area contributed by atoms with Crippen molar-refractivity contribution in [3.8, 4) is 0 Å². The van der Waals surface area contributed by atoms with Crippen molar-refractivity contribution >= 4 is 63.7 Å². The number of hydrogen-bond acceptors (Lipinski definition) is 7. The summed E-state index contributed by atoms with van der Waals surface area (Å²) in [5.74, 6) is -1.77. The molecule has 0 bridgehead atoms. The predicted octanol–water partition coefficient (Wildman–Crippen LogP) is 3.64. The molecule has 0 aliphatic heterocycles. The van der Waals surface area contributed by atoms with Gasteiger partial charge in [-0.2, -0.15) is 0 Å². The number of nitrogens with zero attached hydrogens (tertiary/aromatic N) is 2. The topological polar surface area (TPSA) is 137 Å². The Labute approximate surface area is 167 Å². The second-order valence-corrected chi connectivity index (χ2v) is 6.24. The number of rotatable bonds is 5. The number of esters is 1. The van der Waals surface area contributed by atoms with Crippen LogP contribution in [0.2, 0.25) is 15.2 Å². The second-order valence-electron chi connectivity index (χ2n) is 5.12. The number of hydrogen-bond donors (Lipinski definition) is 2. The number of carbonyl (C=O) groups is 2. The highest BCUT2D eigenvalue weighted by molar-refractivity contribution is 6.46. The van der Waals surface area contributed by atoms with E-state index in [9.17, 15) is 19.7 Å². The summed E-state index contributed by atoms with van der Waals surface area (Å²) in [5, 5.41) is 12.7. The van der Waals surface area contributed by atoms with Gasteiger partial charge >= 0.3 is 5.97 Å². The zero-order valence-electron chi connectivity index (χ0n) is 13.6. The molecule has 0 unspecified atom stereocenters. The largest absolute Gasteiger partial charge is 0.451 e. The molecule has 0 saturated carbocycles. The van der Waals surface area contributed by atoms with E-state index in [0.29, 0.717) is 0 Å². The number of halogens is 3. The third-order valence-electron chi connectivity index (χ3n) is 3.38. The van der Waals surface area contributed by atoms with Gasteiger partial charge in [0.25, 0.3) is 11.6 Å². The average molecular weight is 434 g/mol. The number of carbonyl (C=O) groups excluding carboxylic acids is 2. The van der Waals surface area contributed by atoms with Crippen LogP contribution in [0.5, 0.6) is 0 Å². The molecular weight excluding hydrogens is 423 g/mol. The summed E-state index contributed by atoms with van der Waals surface area (Å²) in [4.78, 5) is 38.0. The van der Waals surface area contributed by atoms with E-state index in [0.717, 1.165) is 0 Å². The number of benzene rings is 1. The van der Waals surface area contributed by atoms with E-state index in [-0.39, 0.29) is 37.8 Å². The first-order valence-corrected chi connectivity index (χ1v) is 8.27. The van der Waals surface area contributed by atoms with Crippen LogP contribution < -0.4 is 11.1 Å². The van der Waals surface area contributed by atoms with Gasteiger partial charge in [-0.15, -0.1) is 0 Å². The lowest BCUT2D eigenvalue weighted by molar-refractivity contribution is -0.385. The molecule has 9 nitrogen and oxygen atoms in total. The molecule has 1 aromatic carbocycles. The van der Waals surface area contributed by atoms with Crippen molar-refractivity contribution in [2.45, 2.75) is 6.92 Å². The highest BCUT2D eigenvalue weighted by atomic mass is 35.5. The molecule has 0 spiro atoms. The molecular formula is C15H11Cl3N4O5. The predicted molar refractivity (Wildman–Crippen MR) is 100 cm³/mol.